The number of carbonyl (C=O) groups excluding carboxylic acids is 1. The van der Waals surface area contributed by atoms with Crippen LogP contribution in [0.4, 0.5) is 0 Å². The summed E-state index contributed by atoms with van der Waals surface area (Å²) in [5, 5.41) is 13.8. The number of oxime groups is 1. The lowest BCUT2D eigenvalue weighted by molar-refractivity contribution is 0.1000. The van der Waals surface area contributed by atoms with Gasteiger partial charge in [-0.15, -0.1) is 0 Å². The van der Waals surface area contributed by atoms with Gasteiger partial charge in [0, 0.05) is 16.3 Å². The van der Waals surface area contributed by atoms with Crippen LogP contribution in [0.2, 0.25) is 0 Å². The first kappa shape index (κ1) is 12.0. The molecule has 0 fully saturated rings. The van der Waals surface area contributed by atoms with Crippen molar-refractivity contribution in [1.29, 1.82) is 0 Å². The van der Waals surface area contributed by atoms with E-state index in [-0.39, 0.29) is 11.4 Å². The van der Waals surface area contributed by atoms with Gasteiger partial charge in [-0.3, -0.25) is 4.79 Å². The minimum absolute atomic E-state index is 0.157. The van der Waals surface area contributed by atoms with E-state index in [0.717, 1.165) is 16.3 Å². The number of H-pyrrole nitrogens is 1. The second kappa shape index (κ2) is 4.27. The number of amidine groups is 1. The van der Waals surface area contributed by atoms with Gasteiger partial charge < -0.3 is 21.7 Å². The van der Waals surface area contributed by atoms with Crippen LogP contribution in [-0.2, 0) is 0 Å². The van der Waals surface area contributed by atoms with Gasteiger partial charge in [0.25, 0.3) is 0 Å². The maximum absolute atomic E-state index is 11.5. The molecule has 20 heavy (non-hydrogen) atoms. The summed E-state index contributed by atoms with van der Waals surface area (Å²) in [4.78, 5) is 14.7. The van der Waals surface area contributed by atoms with Crippen molar-refractivity contribution in [2.24, 2.45) is 16.6 Å². The molecule has 0 atom stereocenters. The third-order valence-electron chi connectivity index (χ3n) is 3.31. The molecule has 1 amide bonds. The quantitative estimate of drug-likeness (QED) is 0.244. The van der Waals surface area contributed by atoms with E-state index in [1.165, 1.54) is 0 Å². The first-order valence-electron chi connectivity index (χ1n) is 5.94. The summed E-state index contributed by atoms with van der Waals surface area (Å²) in [6.45, 7) is 0. The van der Waals surface area contributed by atoms with E-state index in [0.29, 0.717) is 11.1 Å². The average molecular weight is 268 g/mol. The molecule has 100 valence electrons. The van der Waals surface area contributed by atoms with Gasteiger partial charge >= 0.3 is 0 Å². The molecule has 0 saturated carbocycles. The predicted octanol–water partition coefficient (Wildman–Crippen LogP) is 1.51. The zero-order chi connectivity index (χ0) is 14.3. The number of nitrogens with one attached hydrogen (secondary N) is 1. The minimum Gasteiger partial charge on any atom is -0.409 e. The van der Waals surface area contributed by atoms with Crippen molar-refractivity contribution in [1.82, 2.24) is 4.98 Å². The van der Waals surface area contributed by atoms with Crippen LogP contribution in [0.5, 0.6) is 0 Å². The van der Waals surface area contributed by atoms with Crippen LogP contribution in [0, 0.1) is 0 Å². The topological polar surface area (TPSA) is 117 Å². The third-order valence-corrected chi connectivity index (χ3v) is 3.31. The Kier molecular flexibility index (Phi) is 2.57. The number of nitrogens with zero attached hydrogens (tertiary/aromatic N) is 1. The molecule has 0 bridgehead atoms. The molecule has 0 aliphatic heterocycles. The van der Waals surface area contributed by atoms with Crippen molar-refractivity contribution in [3.8, 4) is 0 Å². The highest BCUT2D eigenvalue weighted by molar-refractivity contribution is 6.20. The highest BCUT2D eigenvalue weighted by Gasteiger charge is 2.18. The van der Waals surface area contributed by atoms with E-state index in [4.69, 9.17) is 16.7 Å². The number of benzene rings is 2. The number of fused-ring (bicyclic) bond motifs is 3. The Labute approximate surface area is 113 Å². The summed E-state index contributed by atoms with van der Waals surface area (Å²) in [7, 11) is 0. The summed E-state index contributed by atoms with van der Waals surface area (Å²) in [5.74, 6) is -0.789. The summed E-state index contributed by atoms with van der Waals surface area (Å²) < 4.78 is 0. The van der Waals surface area contributed by atoms with Crippen molar-refractivity contribution in [2.75, 3.05) is 0 Å². The van der Waals surface area contributed by atoms with Gasteiger partial charge in [0.15, 0.2) is 5.84 Å². The van der Waals surface area contributed by atoms with E-state index in [2.05, 4.69) is 10.1 Å². The van der Waals surface area contributed by atoms with Gasteiger partial charge in [-0.1, -0.05) is 29.4 Å². The zero-order valence-corrected chi connectivity index (χ0v) is 10.4. The van der Waals surface area contributed by atoms with E-state index >= 15 is 0 Å². The Hall–Kier alpha value is -3.02. The maximum atomic E-state index is 11.5. The number of amides is 1. The van der Waals surface area contributed by atoms with Crippen LogP contribution in [0.15, 0.2) is 41.6 Å². The van der Waals surface area contributed by atoms with Gasteiger partial charge in [-0.25, -0.2) is 0 Å². The molecule has 3 aromatic rings. The lowest BCUT2D eigenvalue weighted by atomic mass is 10.0. The molecule has 0 aliphatic rings. The molecule has 1 aromatic heterocycles. The van der Waals surface area contributed by atoms with Crippen LogP contribution in [-0.4, -0.2) is 21.9 Å². The first-order valence-corrected chi connectivity index (χ1v) is 5.94. The molecule has 6 nitrogen and oxygen atoms in total. The van der Waals surface area contributed by atoms with Gasteiger partial charge in [0.05, 0.1) is 16.6 Å². The number of hydrogen-bond acceptors (Lipinski definition) is 3. The number of hydrogen-bond donors (Lipinski definition) is 4. The molecule has 0 saturated heterocycles. The normalized spacial score (nSPS) is 12.1. The number of rotatable bonds is 2. The number of nitrogens with two attached hydrogens (primary N) is 2. The SMILES string of the molecule is NC(=O)c1ccc2c([nH]c3ccccc32)c1C(N)=NO. The van der Waals surface area contributed by atoms with Crippen LogP contribution in [0.3, 0.4) is 0 Å². The van der Waals surface area contributed by atoms with E-state index in [9.17, 15) is 4.79 Å². The fourth-order valence-corrected chi connectivity index (χ4v) is 2.44. The Morgan fingerprint density at radius 2 is 1.85 bits per heavy atom. The van der Waals surface area contributed by atoms with Gasteiger partial charge in [0.1, 0.15) is 0 Å². The molecular weight excluding hydrogens is 256 g/mol. The Balaban J connectivity index is 2.51. The first-order chi connectivity index (χ1) is 9.63. The molecule has 1 heterocycles. The lowest BCUT2D eigenvalue weighted by Gasteiger charge is -2.06. The van der Waals surface area contributed by atoms with Crippen molar-refractivity contribution >= 4 is 33.5 Å². The van der Waals surface area contributed by atoms with Crippen LogP contribution in [0.25, 0.3) is 21.8 Å². The van der Waals surface area contributed by atoms with Crippen molar-refractivity contribution in [3.05, 3.63) is 47.5 Å². The predicted molar refractivity (Wildman–Crippen MR) is 76.8 cm³/mol. The number of carbonyl (C=O) groups is 1. The minimum atomic E-state index is -0.632. The molecule has 0 radical (unpaired) electrons. The van der Waals surface area contributed by atoms with Gasteiger partial charge in [-0.05, 0) is 12.1 Å². The molecular formula is C14H12N4O2. The van der Waals surface area contributed by atoms with Gasteiger partial charge in [-0.2, -0.15) is 0 Å². The summed E-state index contributed by atoms with van der Waals surface area (Å²) in [5.41, 5.74) is 13.1. The molecule has 6 heteroatoms. The van der Waals surface area contributed by atoms with Crippen LogP contribution < -0.4 is 11.5 Å². The van der Waals surface area contributed by atoms with Crippen molar-refractivity contribution in [2.45, 2.75) is 0 Å². The molecule has 3 rings (SSSR count). The monoisotopic (exact) mass is 268 g/mol. The van der Waals surface area contributed by atoms with Crippen molar-refractivity contribution in [3.63, 3.8) is 0 Å². The summed E-state index contributed by atoms with van der Waals surface area (Å²) in [6.07, 6.45) is 0. The van der Waals surface area contributed by atoms with E-state index < -0.39 is 5.91 Å². The van der Waals surface area contributed by atoms with Crippen LogP contribution in [0.1, 0.15) is 15.9 Å². The Morgan fingerprint density at radius 3 is 2.55 bits per heavy atom. The number of aromatic amines is 1. The molecule has 0 aliphatic carbocycles. The van der Waals surface area contributed by atoms with E-state index in [1.807, 2.05) is 24.3 Å². The summed E-state index contributed by atoms with van der Waals surface area (Å²) >= 11 is 0. The second-order valence-electron chi connectivity index (χ2n) is 4.43. The largest absolute Gasteiger partial charge is 0.409 e. The highest BCUT2D eigenvalue weighted by atomic mass is 16.4. The number of aromatic nitrogens is 1. The zero-order valence-electron chi connectivity index (χ0n) is 10.4. The lowest BCUT2D eigenvalue weighted by Crippen LogP contribution is -2.21. The fourth-order valence-electron chi connectivity index (χ4n) is 2.44. The van der Waals surface area contributed by atoms with Crippen LogP contribution >= 0.6 is 0 Å². The molecule has 2 aromatic carbocycles. The fraction of sp³-hybridized carbons (Fsp3) is 0. The summed E-state index contributed by atoms with van der Waals surface area (Å²) in [6, 6.07) is 11.1. The highest BCUT2D eigenvalue weighted by Crippen LogP contribution is 2.29. The van der Waals surface area contributed by atoms with Gasteiger partial charge in [0.2, 0.25) is 5.91 Å². The number of para-hydroxylation sites is 1. The molecule has 6 N–H and O–H groups in total. The molecule has 0 unspecified atom stereocenters. The molecule has 0 spiro atoms. The van der Waals surface area contributed by atoms with Crippen molar-refractivity contribution < 1.29 is 10.0 Å². The van der Waals surface area contributed by atoms with E-state index in [1.54, 1.807) is 12.1 Å². The maximum Gasteiger partial charge on any atom is 0.249 e. The smallest absolute Gasteiger partial charge is 0.249 e. The Morgan fingerprint density at radius 1 is 1.10 bits per heavy atom. The Bertz CT molecular complexity index is 864. The number of primary amides is 1. The standard InChI is InChI=1S/C14H12N4O2/c15-13(18-20)11-9(14(16)19)6-5-8-7-3-1-2-4-10(7)17-12(8)11/h1-6,17,20H,(H2,15,18)(H2,16,19). The second-order valence-corrected chi connectivity index (χ2v) is 4.43. The average Bonchev–Trinajstić information content (AvgIpc) is 2.83. The third kappa shape index (κ3) is 1.58.